The molecule has 0 spiro atoms. The van der Waals surface area contributed by atoms with Gasteiger partial charge < -0.3 is 4.90 Å². The van der Waals surface area contributed by atoms with Crippen molar-refractivity contribution in [2.24, 2.45) is 5.92 Å². The summed E-state index contributed by atoms with van der Waals surface area (Å²) in [5, 5.41) is 17.1. The Morgan fingerprint density at radius 2 is 1.84 bits per heavy atom. The fourth-order valence-electron chi connectivity index (χ4n) is 4.54. The summed E-state index contributed by atoms with van der Waals surface area (Å²) in [5.41, 5.74) is 4.82. The molecule has 1 N–H and O–H groups in total. The third-order valence-electron chi connectivity index (χ3n) is 6.41. The number of hydrogen-bond acceptors (Lipinski definition) is 4. The molecular weight excluding hydrogens is 396 g/mol. The first-order valence-corrected chi connectivity index (χ1v) is 11.6. The molecule has 3 aromatic rings. The van der Waals surface area contributed by atoms with E-state index >= 15 is 0 Å². The maximum absolute atomic E-state index is 7.97. The molecule has 0 amide bonds. The van der Waals surface area contributed by atoms with E-state index < -0.39 is 0 Å². The van der Waals surface area contributed by atoms with Crippen LogP contribution in [0.25, 0.3) is 11.5 Å². The number of likely N-dealkylation sites (tertiary alicyclic amines) is 1. The van der Waals surface area contributed by atoms with Crippen LogP contribution in [-0.2, 0) is 12.8 Å². The summed E-state index contributed by atoms with van der Waals surface area (Å²) in [6, 6.07) is 14.5. The van der Waals surface area contributed by atoms with Crippen molar-refractivity contribution in [3.05, 3.63) is 77.5 Å². The van der Waals surface area contributed by atoms with Crippen molar-refractivity contribution in [1.29, 1.82) is 5.41 Å². The van der Waals surface area contributed by atoms with E-state index in [4.69, 9.17) is 5.41 Å². The summed E-state index contributed by atoms with van der Waals surface area (Å²) in [6.45, 7) is 11.4. The van der Waals surface area contributed by atoms with Gasteiger partial charge in [-0.3, -0.25) is 5.41 Å². The minimum atomic E-state index is 0.317. The van der Waals surface area contributed by atoms with E-state index in [1.165, 1.54) is 48.2 Å². The summed E-state index contributed by atoms with van der Waals surface area (Å²) < 4.78 is 3.35. The van der Waals surface area contributed by atoms with Gasteiger partial charge >= 0.3 is 0 Å². The Hall–Kier alpha value is -2.99. The Balaban J connectivity index is 1.27. The number of allylic oxidation sites excluding steroid dienone is 1. The van der Waals surface area contributed by atoms with E-state index in [2.05, 4.69) is 65.1 Å². The maximum atomic E-state index is 7.97. The maximum Gasteiger partial charge on any atom is 0.174 e. The quantitative estimate of drug-likeness (QED) is 0.582. The number of benzene rings is 1. The molecule has 1 aliphatic heterocycles. The lowest BCUT2D eigenvalue weighted by atomic mass is 9.90. The van der Waals surface area contributed by atoms with Gasteiger partial charge in [0, 0.05) is 11.9 Å². The summed E-state index contributed by atoms with van der Waals surface area (Å²) in [7, 11) is 0. The van der Waals surface area contributed by atoms with E-state index in [9.17, 15) is 0 Å². The molecule has 4 rings (SSSR count). The van der Waals surface area contributed by atoms with E-state index in [-0.39, 0.29) is 0 Å². The number of nitrogens with one attached hydrogen (secondary N) is 1. The Bertz CT molecular complexity index is 1100. The Morgan fingerprint density at radius 1 is 1.09 bits per heavy atom. The van der Waals surface area contributed by atoms with Crippen molar-refractivity contribution in [2.75, 3.05) is 19.6 Å². The molecule has 0 atom stereocenters. The number of piperidine rings is 1. The molecule has 3 heterocycles. The standard InChI is InChI=1S/C26H34N6/c1-20(2)32-25(27)11-12-26(29-32)31-19-24(21(3)28-31)10-7-15-30-16-13-23(14-17-30)18-22-8-5-4-6-9-22/h4-6,8-9,11-12,19,23,27H,1,7,10,13-18H2,2-3H3. The van der Waals surface area contributed by atoms with Crippen molar-refractivity contribution < 1.29 is 0 Å². The van der Waals surface area contributed by atoms with Gasteiger partial charge in [0.25, 0.3) is 0 Å². The second-order valence-corrected chi connectivity index (χ2v) is 8.99. The Labute approximate surface area is 190 Å². The number of rotatable bonds is 8. The number of aryl methyl sites for hydroxylation is 2. The summed E-state index contributed by atoms with van der Waals surface area (Å²) in [6.07, 6.45) is 8.05. The van der Waals surface area contributed by atoms with Gasteiger partial charge in [0.05, 0.1) is 5.69 Å². The van der Waals surface area contributed by atoms with Crippen LogP contribution < -0.4 is 5.49 Å². The lowest BCUT2D eigenvalue weighted by Crippen LogP contribution is -2.35. The van der Waals surface area contributed by atoms with Crippen LogP contribution in [-0.4, -0.2) is 44.1 Å². The van der Waals surface area contributed by atoms with Crippen molar-refractivity contribution in [1.82, 2.24) is 24.5 Å². The molecule has 0 saturated carbocycles. The van der Waals surface area contributed by atoms with Gasteiger partial charge in [-0.25, -0.2) is 9.36 Å². The van der Waals surface area contributed by atoms with Gasteiger partial charge in [-0.2, -0.15) is 5.10 Å². The number of aromatic nitrogens is 4. The largest absolute Gasteiger partial charge is 0.303 e. The van der Waals surface area contributed by atoms with Crippen LogP contribution in [0.3, 0.4) is 0 Å². The molecule has 0 radical (unpaired) electrons. The lowest BCUT2D eigenvalue weighted by molar-refractivity contribution is 0.182. The normalized spacial score (nSPS) is 15.2. The van der Waals surface area contributed by atoms with E-state index in [0.717, 1.165) is 31.0 Å². The first kappa shape index (κ1) is 22.2. The zero-order valence-electron chi connectivity index (χ0n) is 19.3. The Morgan fingerprint density at radius 3 is 2.56 bits per heavy atom. The Kier molecular flexibility index (Phi) is 7.00. The van der Waals surface area contributed by atoms with E-state index in [1.54, 1.807) is 6.07 Å². The van der Waals surface area contributed by atoms with Crippen molar-refractivity contribution >= 4 is 5.70 Å². The van der Waals surface area contributed by atoms with Gasteiger partial charge in [0.1, 0.15) is 5.49 Å². The highest BCUT2D eigenvalue weighted by Crippen LogP contribution is 2.22. The average Bonchev–Trinajstić information content (AvgIpc) is 3.16. The van der Waals surface area contributed by atoms with Gasteiger partial charge in [-0.15, -0.1) is 5.10 Å². The highest BCUT2D eigenvalue weighted by molar-refractivity contribution is 5.36. The molecule has 6 heteroatoms. The molecule has 1 aliphatic rings. The third-order valence-corrected chi connectivity index (χ3v) is 6.41. The molecule has 0 unspecified atom stereocenters. The molecule has 6 nitrogen and oxygen atoms in total. The first-order valence-electron chi connectivity index (χ1n) is 11.6. The topological polar surface area (TPSA) is 62.7 Å². The molecule has 2 aromatic heterocycles. The minimum absolute atomic E-state index is 0.317. The second-order valence-electron chi connectivity index (χ2n) is 8.99. The summed E-state index contributed by atoms with van der Waals surface area (Å²) in [5.74, 6) is 1.53. The van der Waals surface area contributed by atoms with Crippen LogP contribution in [0.4, 0.5) is 0 Å². The second kappa shape index (κ2) is 10.1. The first-order chi connectivity index (χ1) is 15.5. The van der Waals surface area contributed by atoms with Crippen LogP contribution in [0.15, 0.2) is 55.2 Å². The van der Waals surface area contributed by atoms with Crippen LogP contribution >= 0.6 is 0 Å². The van der Waals surface area contributed by atoms with Gasteiger partial charge in [0.15, 0.2) is 5.82 Å². The monoisotopic (exact) mass is 430 g/mol. The smallest absolute Gasteiger partial charge is 0.174 e. The molecule has 0 aliphatic carbocycles. The van der Waals surface area contributed by atoms with Gasteiger partial charge in [-0.05, 0) is 94.8 Å². The highest BCUT2D eigenvalue weighted by atomic mass is 15.4. The SMILES string of the molecule is C=C(C)n1nc(-n2cc(CCCN3CCC(Cc4ccccc4)CC3)c(C)n2)ccc1=N. The predicted octanol–water partition coefficient (Wildman–Crippen LogP) is 4.23. The zero-order chi connectivity index (χ0) is 22.5. The van der Waals surface area contributed by atoms with Gasteiger partial charge in [0.2, 0.25) is 0 Å². The van der Waals surface area contributed by atoms with Crippen LogP contribution in [0.1, 0.15) is 43.0 Å². The lowest BCUT2D eigenvalue weighted by Gasteiger charge is -2.32. The molecule has 1 saturated heterocycles. The molecule has 168 valence electrons. The van der Waals surface area contributed by atoms with Crippen LogP contribution in [0.2, 0.25) is 0 Å². The number of hydrogen-bond donors (Lipinski definition) is 1. The fourth-order valence-corrected chi connectivity index (χ4v) is 4.54. The molecule has 1 aromatic carbocycles. The fraction of sp³-hybridized carbons (Fsp3) is 0.423. The number of nitrogens with zero attached hydrogens (tertiary/aromatic N) is 5. The molecular formula is C26H34N6. The van der Waals surface area contributed by atoms with Crippen LogP contribution in [0, 0.1) is 18.3 Å². The summed E-state index contributed by atoms with van der Waals surface area (Å²) in [4.78, 5) is 2.62. The average molecular weight is 431 g/mol. The highest BCUT2D eigenvalue weighted by Gasteiger charge is 2.19. The summed E-state index contributed by atoms with van der Waals surface area (Å²) >= 11 is 0. The molecule has 32 heavy (non-hydrogen) atoms. The van der Waals surface area contributed by atoms with Crippen molar-refractivity contribution in [3.63, 3.8) is 0 Å². The molecule has 1 fully saturated rings. The van der Waals surface area contributed by atoms with Crippen molar-refractivity contribution in [2.45, 2.75) is 46.0 Å². The zero-order valence-corrected chi connectivity index (χ0v) is 19.3. The van der Waals surface area contributed by atoms with Crippen molar-refractivity contribution in [3.8, 4) is 5.82 Å². The van der Waals surface area contributed by atoms with Gasteiger partial charge in [-0.1, -0.05) is 36.9 Å². The third kappa shape index (κ3) is 5.43. The minimum Gasteiger partial charge on any atom is -0.303 e. The van der Waals surface area contributed by atoms with Crippen LogP contribution in [0.5, 0.6) is 0 Å². The molecule has 0 bridgehead atoms. The van der Waals surface area contributed by atoms with E-state index in [0.29, 0.717) is 17.0 Å². The predicted molar refractivity (Wildman–Crippen MR) is 129 cm³/mol. The van der Waals surface area contributed by atoms with E-state index in [1.807, 2.05) is 17.7 Å².